The van der Waals surface area contributed by atoms with Crippen molar-refractivity contribution in [3.63, 3.8) is 0 Å². The Morgan fingerprint density at radius 1 is 1.35 bits per heavy atom. The van der Waals surface area contributed by atoms with Crippen LogP contribution in [-0.2, 0) is 6.54 Å². The number of nitrogens with one attached hydrogen (secondary N) is 1. The zero-order chi connectivity index (χ0) is 14.2. The smallest absolute Gasteiger partial charge is 0.119 e. The third-order valence-electron chi connectivity index (χ3n) is 3.87. The summed E-state index contributed by atoms with van der Waals surface area (Å²) < 4.78 is 5.71. The molecule has 1 aromatic carbocycles. The van der Waals surface area contributed by atoms with Gasteiger partial charge in [-0.25, -0.2) is 0 Å². The van der Waals surface area contributed by atoms with E-state index < -0.39 is 0 Å². The summed E-state index contributed by atoms with van der Waals surface area (Å²) in [5, 5.41) is 3.58. The lowest BCUT2D eigenvalue weighted by atomic mass is 10.1. The van der Waals surface area contributed by atoms with Gasteiger partial charge in [0, 0.05) is 19.1 Å². The molecule has 112 valence electrons. The van der Waals surface area contributed by atoms with Crippen molar-refractivity contribution in [3.05, 3.63) is 29.8 Å². The quantitative estimate of drug-likeness (QED) is 0.790. The molecule has 0 aromatic heterocycles. The van der Waals surface area contributed by atoms with E-state index in [0.717, 1.165) is 38.4 Å². The Labute approximate surface area is 123 Å². The van der Waals surface area contributed by atoms with Crippen molar-refractivity contribution in [1.29, 1.82) is 0 Å². The number of benzene rings is 1. The topological polar surface area (TPSA) is 24.5 Å². The van der Waals surface area contributed by atoms with Crippen molar-refractivity contribution in [1.82, 2.24) is 10.2 Å². The monoisotopic (exact) mass is 276 g/mol. The normalized spacial score (nSPS) is 18.6. The number of ether oxygens (including phenoxy) is 1. The summed E-state index contributed by atoms with van der Waals surface area (Å²) in [6, 6.07) is 9.20. The number of nitrogens with zero attached hydrogens (tertiary/aromatic N) is 1. The summed E-state index contributed by atoms with van der Waals surface area (Å²) in [5.74, 6) is 0.999. The molecule has 20 heavy (non-hydrogen) atoms. The molecule has 0 spiro atoms. The van der Waals surface area contributed by atoms with E-state index in [4.69, 9.17) is 4.74 Å². The van der Waals surface area contributed by atoms with Crippen LogP contribution in [0, 0.1) is 0 Å². The van der Waals surface area contributed by atoms with E-state index in [1.807, 2.05) is 6.07 Å². The van der Waals surface area contributed by atoms with Crippen LogP contribution >= 0.6 is 0 Å². The van der Waals surface area contributed by atoms with Crippen LogP contribution in [0.15, 0.2) is 24.3 Å². The van der Waals surface area contributed by atoms with Crippen molar-refractivity contribution in [2.24, 2.45) is 0 Å². The van der Waals surface area contributed by atoms with Crippen molar-refractivity contribution in [3.8, 4) is 5.75 Å². The van der Waals surface area contributed by atoms with E-state index in [1.54, 1.807) is 0 Å². The van der Waals surface area contributed by atoms with E-state index in [-0.39, 0.29) is 0 Å². The molecule has 0 radical (unpaired) electrons. The predicted molar refractivity (Wildman–Crippen MR) is 84.2 cm³/mol. The van der Waals surface area contributed by atoms with Crippen LogP contribution in [-0.4, -0.2) is 37.2 Å². The first kappa shape index (κ1) is 15.3. The fourth-order valence-electron chi connectivity index (χ4n) is 2.74. The van der Waals surface area contributed by atoms with Crippen LogP contribution < -0.4 is 10.1 Å². The Bertz CT molecular complexity index is 388. The Kier molecular flexibility index (Phi) is 6.34. The Hall–Kier alpha value is -1.06. The Morgan fingerprint density at radius 3 is 2.95 bits per heavy atom. The highest BCUT2D eigenvalue weighted by atomic mass is 16.5. The van der Waals surface area contributed by atoms with Gasteiger partial charge in [-0.3, -0.25) is 4.90 Å². The highest BCUT2D eigenvalue weighted by Gasteiger charge is 2.17. The van der Waals surface area contributed by atoms with Crippen molar-refractivity contribution < 1.29 is 4.74 Å². The van der Waals surface area contributed by atoms with Gasteiger partial charge in [-0.1, -0.05) is 26.0 Å². The SMILES string of the molecule is CCCOc1cccc(CN(CC)CC2CCCN2)c1. The van der Waals surface area contributed by atoms with Crippen molar-refractivity contribution >= 4 is 0 Å². The third-order valence-corrected chi connectivity index (χ3v) is 3.87. The van der Waals surface area contributed by atoms with E-state index in [9.17, 15) is 0 Å². The lowest BCUT2D eigenvalue weighted by Crippen LogP contribution is -2.37. The zero-order valence-electron chi connectivity index (χ0n) is 12.9. The molecule has 1 N–H and O–H groups in total. The van der Waals surface area contributed by atoms with Gasteiger partial charge in [0.25, 0.3) is 0 Å². The molecule has 1 aliphatic rings. The summed E-state index contributed by atoms with van der Waals surface area (Å²) in [7, 11) is 0. The van der Waals surface area contributed by atoms with Crippen LogP contribution in [0.4, 0.5) is 0 Å². The number of likely N-dealkylation sites (N-methyl/N-ethyl adjacent to an activating group) is 1. The van der Waals surface area contributed by atoms with Gasteiger partial charge in [0.1, 0.15) is 5.75 Å². The highest BCUT2D eigenvalue weighted by Crippen LogP contribution is 2.16. The first-order valence-corrected chi connectivity index (χ1v) is 7.99. The summed E-state index contributed by atoms with van der Waals surface area (Å²) >= 11 is 0. The van der Waals surface area contributed by atoms with Crippen molar-refractivity contribution in [2.45, 2.75) is 45.7 Å². The largest absolute Gasteiger partial charge is 0.494 e. The maximum atomic E-state index is 5.71. The molecule has 0 amide bonds. The zero-order valence-corrected chi connectivity index (χ0v) is 12.9. The highest BCUT2D eigenvalue weighted by molar-refractivity contribution is 5.28. The minimum absolute atomic E-state index is 0.675. The molecule has 0 bridgehead atoms. The van der Waals surface area contributed by atoms with Crippen molar-refractivity contribution in [2.75, 3.05) is 26.2 Å². The molecule has 1 atom stereocenters. The van der Waals surface area contributed by atoms with E-state index in [0.29, 0.717) is 6.04 Å². The predicted octanol–water partition coefficient (Wildman–Crippen LogP) is 3.05. The fraction of sp³-hybridized carbons (Fsp3) is 0.647. The molecular weight excluding hydrogens is 248 g/mol. The average molecular weight is 276 g/mol. The molecule has 1 aromatic rings. The van der Waals surface area contributed by atoms with E-state index >= 15 is 0 Å². The molecule has 0 saturated carbocycles. The molecule has 3 heteroatoms. The molecule has 1 aliphatic heterocycles. The molecule has 3 nitrogen and oxygen atoms in total. The van der Waals surface area contributed by atoms with Crippen LogP contribution in [0.2, 0.25) is 0 Å². The molecule has 1 unspecified atom stereocenters. The average Bonchev–Trinajstić information content (AvgIpc) is 2.98. The standard InChI is InChI=1S/C17H28N2O/c1-3-11-20-17-9-5-7-15(12-17)13-19(4-2)14-16-8-6-10-18-16/h5,7,9,12,16,18H,3-4,6,8,10-11,13-14H2,1-2H3. The molecule has 1 fully saturated rings. The third kappa shape index (κ3) is 4.80. The fourth-order valence-corrected chi connectivity index (χ4v) is 2.74. The molecule has 0 aliphatic carbocycles. The number of hydrogen-bond donors (Lipinski definition) is 1. The summed E-state index contributed by atoms with van der Waals surface area (Å²) in [5.41, 5.74) is 1.35. The molecular formula is C17H28N2O. The summed E-state index contributed by atoms with van der Waals surface area (Å²) in [4.78, 5) is 2.52. The maximum absolute atomic E-state index is 5.71. The van der Waals surface area contributed by atoms with Crippen LogP contribution in [0.25, 0.3) is 0 Å². The first-order chi connectivity index (χ1) is 9.81. The molecule has 1 heterocycles. The van der Waals surface area contributed by atoms with Gasteiger partial charge in [0.2, 0.25) is 0 Å². The van der Waals surface area contributed by atoms with Gasteiger partial charge in [0.15, 0.2) is 0 Å². The maximum Gasteiger partial charge on any atom is 0.119 e. The van der Waals surface area contributed by atoms with Gasteiger partial charge in [-0.05, 0) is 50.0 Å². The lowest BCUT2D eigenvalue weighted by molar-refractivity contribution is 0.252. The van der Waals surface area contributed by atoms with Gasteiger partial charge in [0.05, 0.1) is 6.61 Å². The van der Waals surface area contributed by atoms with Crippen LogP contribution in [0.3, 0.4) is 0 Å². The number of rotatable bonds is 8. The van der Waals surface area contributed by atoms with E-state index in [1.165, 1.54) is 24.9 Å². The van der Waals surface area contributed by atoms with Gasteiger partial charge in [-0.15, -0.1) is 0 Å². The van der Waals surface area contributed by atoms with Crippen LogP contribution in [0.5, 0.6) is 5.75 Å². The Morgan fingerprint density at radius 2 is 2.25 bits per heavy atom. The van der Waals surface area contributed by atoms with Gasteiger partial charge in [-0.2, -0.15) is 0 Å². The first-order valence-electron chi connectivity index (χ1n) is 7.99. The second kappa shape index (κ2) is 8.28. The van der Waals surface area contributed by atoms with Gasteiger partial charge >= 0.3 is 0 Å². The molecule has 1 saturated heterocycles. The van der Waals surface area contributed by atoms with Gasteiger partial charge < -0.3 is 10.1 Å². The summed E-state index contributed by atoms with van der Waals surface area (Å²) in [6.45, 7) is 9.62. The lowest BCUT2D eigenvalue weighted by Gasteiger charge is -2.24. The second-order valence-electron chi connectivity index (χ2n) is 5.62. The minimum atomic E-state index is 0.675. The minimum Gasteiger partial charge on any atom is -0.494 e. The van der Waals surface area contributed by atoms with Crippen LogP contribution in [0.1, 0.15) is 38.7 Å². The molecule has 2 rings (SSSR count). The summed E-state index contributed by atoms with van der Waals surface area (Å²) in [6.07, 6.45) is 3.69. The number of hydrogen-bond acceptors (Lipinski definition) is 3. The Balaban J connectivity index is 1.88. The van der Waals surface area contributed by atoms with E-state index in [2.05, 4.69) is 42.3 Å². The second-order valence-corrected chi connectivity index (χ2v) is 5.62.